The van der Waals surface area contributed by atoms with Crippen LogP contribution in [-0.2, 0) is 14.3 Å². The van der Waals surface area contributed by atoms with E-state index in [2.05, 4.69) is 4.74 Å². The van der Waals surface area contributed by atoms with E-state index in [-0.39, 0.29) is 6.42 Å². The van der Waals surface area contributed by atoms with Gasteiger partial charge >= 0.3 is 12.1 Å². The van der Waals surface area contributed by atoms with Gasteiger partial charge in [0, 0.05) is 0 Å². The summed E-state index contributed by atoms with van der Waals surface area (Å²) in [6.45, 7) is 0. The third-order valence-corrected chi connectivity index (χ3v) is 2.69. The Labute approximate surface area is 107 Å². The number of hydrogen-bond donors (Lipinski definition) is 2. The molecule has 18 heavy (non-hydrogen) atoms. The van der Waals surface area contributed by atoms with Crippen LogP contribution in [0.4, 0.5) is 13.2 Å². The van der Waals surface area contributed by atoms with Gasteiger partial charge in [-0.3, -0.25) is 4.79 Å². The van der Waals surface area contributed by atoms with Crippen LogP contribution in [0.15, 0.2) is 0 Å². The Hall–Kier alpha value is -0.960. The van der Waals surface area contributed by atoms with E-state index in [1.54, 1.807) is 6.26 Å². The molecule has 9 heteroatoms. The summed E-state index contributed by atoms with van der Waals surface area (Å²) in [6.07, 6.45) is -2.91. The zero-order valence-corrected chi connectivity index (χ0v) is 10.7. The van der Waals surface area contributed by atoms with Crippen LogP contribution in [0.2, 0.25) is 0 Å². The van der Waals surface area contributed by atoms with E-state index in [0.717, 1.165) is 7.11 Å². The molecule has 0 radical (unpaired) electrons. The van der Waals surface area contributed by atoms with Crippen LogP contribution in [0.3, 0.4) is 0 Å². The summed E-state index contributed by atoms with van der Waals surface area (Å²) in [6, 6.07) is -3.78. The van der Waals surface area contributed by atoms with Crippen LogP contribution in [-0.4, -0.2) is 49.3 Å². The fourth-order valence-corrected chi connectivity index (χ4v) is 1.51. The lowest BCUT2D eigenvalue weighted by Crippen LogP contribution is -2.54. The van der Waals surface area contributed by atoms with Crippen LogP contribution >= 0.6 is 11.8 Å². The van der Waals surface area contributed by atoms with Crippen LogP contribution in [0.1, 0.15) is 6.42 Å². The third-order valence-electron chi connectivity index (χ3n) is 2.05. The maximum atomic E-state index is 12.2. The van der Waals surface area contributed by atoms with Crippen LogP contribution in [0.25, 0.3) is 0 Å². The quantitative estimate of drug-likeness (QED) is 0.686. The first-order chi connectivity index (χ1) is 8.23. The number of esters is 1. The normalized spacial score (nSPS) is 14.8. The topological polar surface area (TPSA) is 81.4 Å². The molecule has 106 valence electrons. The highest BCUT2D eigenvalue weighted by Gasteiger charge is 2.43. The first kappa shape index (κ1) is 17.0. The highest BCUT2D eigenvalue weighted by atomic mass is 32.2. The Morgan fingerprint density at radius 2 is 2.00 bits per heavy atom. The molecular weight excluding hydrogens is 273 g/mol. The molecule has 0 aromatic carbocycles. The Bertz CT molecular complexity index is 299. The van der Waals surface area contributed by atoms with Gasteiger partial charge in [0.05, 0.1) is 7.11 Å². The lowest BCUT2D eigenvalue weighted by Gasteiger charge is -2.20. The van der Waals surface area contributed by atoms with Gasteiger partial charge in [0.2, 0.25) is 5.91 Å². The van der Waals surface area contributed by atoms with Crippen molar-refractivity contribution in [2.75, 3.05) is 19.1 Å². The van der Waals surface area contributed by atoms with Gasteiger partial charge in [-0.15, -0.1) is 0 Å². The van der Waals surface area contributed by atoms with Gasteiger partial charge in [0.1, 0.15) is 6.04 Å². The molecule has 0 aromatic rings. The Balaban J connectivity index is 4.57. The zero-order valence-electron chi connectivity index (χ0n) is 9.91. The SMILES string of the molecule is COC(=O)[C@H](CCSC)NC(=O)C(N)C(F)(F)F. The molecule has 0 spiro atoms. The average Bonchev–Trinajstić information content (AvgIpc) is 2.30. The molecule has 0 rings (SSSR count). The molecule has 0 fully saturated rings. The first-order valence-corrected chi connectivity index (χ1v) is 6.32. The van der Waals surface area contributed by atoms with Crippen molar-refractivity contribution in [1.29, 1.82) is 0 Å². The minimum absolute atomic E-state index is 0.171. The van der Waals surface area contributed by atoms with Crippen molar-refractivity contribution in [2.45, 2.75) is 24.7 Å². The number of hydrogen-bond acceptors (Lipinski definition) is 5. The van der Waals surface area contributed by atoms with Crippen molar-refractivity contribution in [1.82, 2.24) is 5.32 Å². The highest BCUT2D eigenvalue weighted by Crippen LogP contribution is 2.18. The van der Waals surface area contributed by atoms with E-state index in [0.29, 0.717) is 5.75 Å². The van der Waals surface area contributed by atoms with Gasteiger partial charge in [0.25, 0.3) is 0 Å². The number of carbonyl (C=O) groups excluding carboxylic acids is 2. The lowest BCUT2D eigenvalue weighted by molar-refractivity contribution is -0.165. The molecule has 0 aliphatic carbocycles. The highest BCUT2D eigenvalue weighted by molar-refractivity contribution is 7.98. The second kappa shape index (κ2) is 7.47. The summed E-state index contributed by atoms with van der Waals surface area (Å²) in [5, 5.41) is 1.94. The molecule has 3 N–H and O–H groups in total. The van der Waals surface area contributed by atoms with E-state index in [4.69, 9.17) is 5.73 Å². The van der Waals surface area contributed by atoms with Gasteiger partial charge < -0.3 is 15.8 Å². The summed E-state index contributed by atoms with van der Waals surface area (Å²) in [7, 11) is 1.09. The van der Waals surface area contributed by atoms with E-state index in [9.17, 15) is 22.8 Å². The van der Waals surface area contributed by atoms with Crippen molar-refractivity contribution >= 4 is 23.6 Å². The fraction of sp³-hybridized carbons (Fsp3) is 0.778. The van der Waals surface area contributed by atoms with E-state index < -0.39 is 30.1 Å². The molecule has 1 amide bonds. The predicted molar refractivity (Wildman–Crippen MR) is 61.0 cm³/mol. The Morgan fingerprint density at radius 3 is 2.39 bits per heavy atom. The number of nitrogens with one attached hydrogen (secondary N) is 1. The van der Waals surface area contributed by atoms with E-state index in [1.165, 1.54) is 11.8 Å². The number of thioether (sulfide) groups is 1. The maximum absolute atomic E-state index is 12.2. The molecule has 0 aliphatic heterocycles. The molecule has 0 bridgehead atoms. The van der Waals surface area contributed by atoms with Crippen molar-refractivity contribution in [3.63, 3.8) is 0 Å². The van der Waals surface area contributed by atoms with Crippen molar-refractivity contribution in [2.24, 2.45) is 5.73 Å². The second-order valence-electron chi connectivity index (χ2n) is 3.39. The summed E-state index contributed by atoms with van der Waals surface area (Å²) in [5.41, 5.74) is 4.72. The molecule has 1 unspecified atom stereocenters. The maximum Gasteiger partial charge on any atom is 0.412 e. The van der Waals surface area contributed by atoms with Crippen LogP contribution in [0, 0.1) is 0 Å². The second-order valence-corrected chi connectivity index (χ2v) is 4.37. The van der Waals surface area contributed by atoms with Crippen molar-refractivity contribution in [3.8, 4) is 0 Å². The minimum Gasteiger partial charge on any atom is -0.467 e. The van der Waals surface area contributed by atoms with E-state index >= 15 is 0 Å². The van der Waals surface area contributed by atoms with Crippen LogP contribution < -0.4 is 11.1 Å². The Kier molecular flexibility index (Phi) is 7.07. The third kappa shape index (κ3) is 5.58. The van der Waals surface area contributed by atoms with Gasteiger partial charge in [0.15, 0.2) is 6.04 Å². The monoisotopic (exact) mass is 288 g/mol. The van der Waals surface area contributed by atoms with Crippen LogP contribution in [0.5, 0.6) is 0 Å². The number of alkyl halides is 3. The van der Waals surface area contributed by atoms with Crippen molar-refractivity contribution < 1.29 is 27.5 Å². The standard InChI is InChI=1S/C9H15F3N2O3S/c1-17-8(16)5(3-4-18-2)14-7(15)6(13)9(10,11)12/h5-6H,3-4,13H2,1-2H3,(H,14,15)/t5-,6?/m0/s1. The molecule has 0 saturated carbocycles. The molecular formula is C9H15F3N2O3S. The first-order valence-electron chi connectivity index (χ1n) is 4.93. The summed E-state index contributed by atoms with van der Waals surface area (Å²) >= 11 is 1.39. The number of amides is 1. The number of nitrogens with two attached hydrogens (primary N) is 1. The number of methoxy groups -OCH3 is 1. The molecule has 0 saturated heterocycles. The Morgan fingerprint density at radius 1 is 1.44 bits per heavy atom. The lowest BCUT2D eigenvalue weighted by atomic mass is 10.2. The molecule has 0 aliphatic rings. The number of ether oxygens (including phenoxy) is 1. The smallest absolute Gasteiger partial charge is 0.412 e. The average molecular weight is 288 g/mol. The fourth-order valence-electron chi connectivity index (χ4n) is 1.04. The largest absolute Gasteiger partial charge is 0.467 e. The molecule has 0 heterocycles. The summed E-state index contributed by atoms with van der Waals surface area (Å²) < 4.78 is 40.9. The summed E-state index contributed by atoms with van der Waals surface area (Å²) in [4.78, 5) is 22.5. The van der Waals surface area contributed by atoms with Gasteiger partial charge in [-0.05, 0) is 18.4 Å². The summed E-state index contributed by atoms with van der Waals surface area (Å²) in [5.74, 6) is -1.76. The van der Waals surface area contributed by atoms with Gasteiger partial charge in [-0.25, -0.2) is 4.79 Å². The van der Waals surface area contributed by atoms with E-state index in [1.807, 2.05) is 5.32 Å². The predicted octanol–water partition coefficient (Wildman–Crippen LogP) is 0.287. The number of halogens is 3. The molecule has 5 nitrogen and oxygen atoms in total. The minimum atomic E-state index is -4.84. The zero-order chi connectivity index (χ0) is 14.3. The van der Waals surface area contributed by atoms with Gasteiger partial charge in [-0.2, -0.15) is 24.9 Å². The number of carbonyl (C=O) groups is 2. The molecule has 0 aromatic heterocycles. The number of rotatable bonds is 6. The molecule has 2 atom stereocenters. The van der Waals surface area contributed by atoms with Gasteiger partial charge in [-0.1, -0.05) is 0 Å². The van der Waals surface area contributed by atoms with Crippen molar-refractivity contribution in [3.05, 3.63) is 0 Å².